The highest BCUT2D eigenvalue weighted by molar-refractivity contribution is 5.70. The number of hydrogen-bond acceptors (Lipinski definition) is 6. The summed E-state index contributed by atoms with van der Waals surface area (Å²) in [6.45, 7) is 1.15. The molecule has 12 heavy (non-hydrogen) atoms. The zero-order valence-corrected chi connectivity index (χ0v) is 6.41. The summed E-state index contributed by atoms with van der Waals surface area (Å²) in [5, 5.41) is 45.0. The molecule has 0 aliphatic carbocycles. The highest BCUT2D eigenvalue weighted by Crippen LogP contribution is 2.03. The molecule has 0 rings (SSSR count). The van der Waals surface area contributed by atoms with E-state index in [-0.39, 0.29) is 0 Å². The Morgan fingerprint density at radius 1 is 1.17 bits per heavy atom. The first kappa shape index (κ1) is 11.3. The number of carboxylic acids is 1. The van der Waals surface area contributed by atoms with Crippen LogP contribution >= 0.6 is 0 Å². The topological polar surface area (TPSA) is 121 Å². The maximum Gasteiger partial charge on any atom is 0.122 e. The van der Waals surface area contributed by atoms with Crippen molar-refractivity contribution in [1.82, 2.24) is 0 Å². The van der Waals surface area contributed by atoms with Gasteiger partial charge in [-0.25, -0.2) is 0 Å². The van der Waals surface area contributed by atoms with Crippen molar-refractivity contribution in [3.8, 4) is 0 Å². The molecule has 0 radical (unpaired) electrons. The van der Waals surface area contributed by atoms with Gasteiger partial charge in [-0.2, -0.15) is 0 Å². The second kappa shape index (κ2) is 4.36. The summed E-state index contributed by atoms with van der Waals surface area (Å²) in [7, 11) is 0. The molecule has 0 fully saturated rings. The second-order valence-corrected chi connectivity index (χ2v) is 2.49. The molecule has 0 bridgehead atoms. The molecule has 0 saturated heterocycles. The summed E-state index contributed by atoms with van der Waals surface area (Å²) in [5.74, 6) is -1.90. The molecule has 4 atom stereocenters. The lowest BCUT2D eigenvalue weighted by molar-refractivity contribution is -0.320. The molecular weight excluding hydrogens is 168 g/mol. The molecule has 0 aromatic carbocycles. The fraction of sp³-hybridized carbons (Fsp3) is 0.833. The fourth-order valence-corrected chi connectivity index (χ4v) is 0.612. The van der Waals surface area contributed by atoms with Gasteiger partial charge in [-0.15, -0.1) is 0 Å². The molecule has 0 aliphatic heterocycles. The third-order valence-electron chi connectivity index (χ3n) is 1.41. The molecule has 0 heterocycles. The van der Waals surface area contributed by atoms with Crippen LogP contribution in [0.4, 0.5) is 0 Å². The maximum atomic E-state index is 9.95. The van der Waals surface area contributed by atoms with Gasteiger partial charge in [-0.3, -0.25) is 0 Å². The standard InChI is InChI=1S/C6H12O6/c1-2(7)3(8)4(9)5(10)6(11)12/h2-5,7-10H,1H3,(H,11,12)/p-1/t2-,3+,4+,5-/m1/s1. The number of hydrogen-bond donors (Lipinski definition) is 4. The lowest BCUT2D eigenvalue weighted by Gasteiger charge is -2.24. The number of aliphatic hydroxyl groups is 4. The Balaban J connectivity index is 4.18. The summed E-state index contributed by atoms with van der Waals surface area (Å²) < 4.78 is 0. The van der Waals surface area contributed by atoms with Crippen LogP contribution in [0.3, 0.4) is 0 Å². The van der Waals surface area contributed by atoms with E-state index in [1.165, 1.54) is 0 Å². The quantitative estimate of drug-likeness (QED) is 0.351. The van der Waals surface area contributed by atoms with Crippen molar-refractivity contribution < 1.29 is 30.3 Å². The molecule has 0 aliphatic rings. The Hall–Kier alpha value is -0.690. The third kappa shape index (κ3) is 2.74. The SMILES string of the molecule is C[C@@H](O)[C@H](O)[C@H](O)[C@@H](O)C(=O)[O-]. The average molecular weight is 179 g/mol. The van der Waals surface area contributed by atoms with Gasteiger partial charge in [0.15, 0.2) is 0 Å². The molecule has 0 saturated carbocycles. The molecule has 0 spiro atoms. The van der Waals surface area contributed by atoms with Gasteiger partial charge in [-0.05, 0) is 6.92 Å². The largest absolute Gasteiger partial charge is 0.547 e. The van der Waals surface area contributed by atoms with Gasteiger partial charge in [-0.1, -0.05) is 0 Å². The van der Waals surface area contributed by atoms with Gasteiger partial charge >= 0.3 is 0 Å². The van der Waals surface area contributed by atoms with Gasteiger partial charge in [0.25, 0.3) is 0 Å². The van der Waals surface area contributed by atoms with E-state index in [4.69, 9.17) is 20.4 Å². The monoisotopic (exact) mass is 179 g/mol. The number of aliphatic carboxylic acids is 1. The van der Waals surface area contributed by atoms with Crippen LogP contribution in [-0.2, 0) is 4.79 Å². The average Bonchev–Trinajstić information content (AvgIpc) is 2.00. The van der Waals surface area contributed by atoms with E-state index in [9.17, 15) is 9.90 Å². The van der Waals surface area contributed by atoms with E-state index in [1.54, 1.807) is 0 Å². The van der Waals surface area contributed by atoms with Crippen LogP contribution in [0.2, 0.25) is 0 Å². The maximum absolute atomic E-state index is 9.95. The molecule has 4 N–H and O–H groups in total. The van der Waals surface area contributed by atoms with Crippen molar-refractivity contribution in [3.05, 3.63) is 0 Å². The lowest BCUT2D eigenvalue weighted by Crippen LogP contribution is -2.51. The smallest absolute Gasteiger partial charge is 0.122 e. The van der Waals surface area contributed by atoms with Crippen molar-refractivity contribution in [1.29, 1.82) is 0 Å². The minimum Gasteiger partial charge on any atom is -0.547 e. The minimum absolute atomic E-state index is 1.15. The van der Waals surface area contributed by atoms with Crippen molar-refractivity contribution in [3.63, 3.8) is 0 Å². The van der Waals surface area contributed by atoms with E-state index in [0.717, 1.165) is 6.92 Å². The first-order valence-electron chi connectivity index (χ1n) is 3.31. The number of rotatable bonds is 4. The fourth-order valence-electron chi connectivity index (χ4n) is 0.612. The summed E-state index contributed by atoms with van der Waals surface area (Å²) in [6.07, 6.45) is -7.18. The normalized spacial score (nSPS) is 21.1. The number of aliphatic hydroxyl groups excluding tert-OH is 4. The Kier molecular flexibility index (Phi) is 4.11. The molecule has 72 valence electrons. The summed E-state index contributed by atoms with van der Waals surface area (Å²) >= 11 is 0. The van der Waals surface area contributed by atoms with Gasteiger partial charge < -0.3 is 30.3 Å². The number of carbonyl (C=O) groups is 1. The van der Waals surface area contributed by atoms with Crippen LogP contribution in [0.5, 0.6) is 0 Å². The van der Waals surface area contributed by atoms with E-state index < -0.39 is 30.4 Å². The molecule has 6 nitrogen and oxygen atoms in total. The molecular formula is C6H11O6-. The van der Waals surface area contributed by atoms with E-state index in [1.807, 2.05) is 0 Å². The van der Waals surface area contributed by atoms with Gasteiger partial charge in [0.1, 0.15) is 18.3 Å². The molecule has 0 unspecified atom stereocenters. The van der Waals surface area contributed by atoms with Gasteiger partial charge in [0, 0.05) is 0 Å². The first-order chi connectivity index (χ1) is 5.37. The van der Waals surface area contributed by atoms with Crippen LogP contribution in [0, 0.1) is 0 Å². The molecule has 0 aromatic rings. The summed E-state index contributed by atoms with van der Waals surface area (Å²) in [6, 6.07) is 0. The van der Waals surface area contributed by atoms with Crippen LogP contribution in [0.1, 0.15) is 6.92 Å². The Morgan fingerprint density at radius 2 is 1.58 bits per heavy atom. The third-order valence-corrected chi connectivity index (χ3v) is 1.41. The van der Waals surface area contributed by atoms with E-state index >= 15 is 0 Å². The predicted octanol–water partition coefficient (Wildman–Crippen LogP) is -3.80. The zero-order valence-electron chi connectivity index (χ0n) is 6.41. The Labute approximate surface area is 68.7 Å². The van der Waals surface area contributed by atoms with Crippen LogP contribution in [0.15, 0.2) is 0 Å². The first-order valence-corrected chi connectivity index (χ1v) is 3.31. The van der Waals surface area contributed by atoms with Crippen LogP contribution in [-0.4, -0.2) is 50.8 Å². The zero-order chi connectivity index (χ0) is 9.89. The number of carboxylic acid groups (broad SMARTS) is 1. The highest BCUT2D eigenvalue weighted by Gasteiger charge is 2.28. The van der Waals surface area contributed by atoms with Gasteiger partial charge in [0.2, 0.25) is 0 Å². The van der Waals surface area contributed by atoms with Crippen molar-refractivity contribution >= 4 is 5.97 Å². The molecule has 0 amide bonds. The van der Waals surface area contributed by atoms with Gasteiger partial charge in [0.05, 0.1) is 12.1 Å². The Morgan fingerprint density at radius 3 is 1.83 bits per heavy atom. The number of carbonyl (C=O) groups excluding carboxylic acids is 1. The Bertz CT molecular complexity index is 156. The summed E-state index contributed by atoms with van der Waals surface area (Å²) in [4.78, 5) is 9.95. The van der Waals surface area contributed by atoms with Crippen LogP contribution < -0.4 is 5.11 Å². The minimum atomic E-state index is -2.20. The highest BCUT2D eigenvalue weighted by atomic mass is 16.4. The van der Waals surface area contributed by atoms with Crippen LogP contribution in [0.25, 0.3) is 0 Å². The van der Waals surface area contributed by atoms with E-state index in [0.29, 0.717) is 0 Å². The van der Waals surface area contributed by atoms with E-state index in [2.05, 4.69) is 0 Å². The van der Waals surface area contributed by atoms with Crippen molar-refractivity contribution in [2.45, 2.75) is 31.3 Å². The van der Waals surface area contributed by atoms with Crippen molar-refractivity contribution in [2.75, 3.05) is 0 Å². The summed E-state index contributed by atoms with van der Waals surface area (Å²) in [5.41, 5.74) is 0. The molecule has 6 heteroatoms. The molecule has 0 aromatic heterocycles. The lowest BCUT2D eigenvalue weighted by atomic mass is 10.0. The predicted molar refractivity (Wildman–Crippen MR) is 34.7 cm³/mol. The van der Waals surface area contributed by atoms with Crippen molar-refractivity contribution in [2.24, 2.45) is 0 Å². The second-order valence-electron chi connectivity index (χ2n) is 2.49.